The van der Waals surface area contributed by atoms with Crippen LogP contribution in [0.3, 0.4) is 0 Å². The van der Waals surface area contributed by atoms with Crippen molar-refractivity contribution >= 4 is 11.6 Å². The molecule has 0 aliphatic rings. The Hall–Kier alpha value is -1.45. The van der Waals surface area contributed by atoms with Gasteiger partial charge in [-0.3, -0.25) is 0 Å². The van der Waals surface area contributed by atoms with Crippen molar-refractivity contribution in [2.45, 2.75) is 25.8 Å². The van der Waals surface area contributed by atoms with Crippen LogP contribution in [0.2, 0.25) is 5.02 Å². The molecule has 2 aromatic rings. The van der Waals surface area contributed by atoms with Crippen molar-refractivity contribution in [3.63, 3.8) is 0 Å². The zero-order chi connectivity index (χ0) is 15.2. The Morgan fingerprint density at radius 2 is 1.81 bits per heavy atom. The Morgan fingerprint density at radius 3 is 2.48 bits per heavy atom. The summed E-state index contributed by atoms with van der Waals surface area (Å²) in [6, 6.07) is 11.1. The molecule has 0 bridgehead atoms. The highest BCUT2D eigenvalue weighted by Crippen LogP contribution is 2.26. The van der Waals surface area contributed by atoms with Crippen molar-refractivity contribution in [1.29, 1.82) is 0 Å². The SMILES string of the molecule is CCCNC(Cc1cccc(F)c1Cl)c1ccc(F)cc1. The van der Waals surface area contributed by atoms with Crippen LogP contribution in [0.15, 0.2) is 42.5 Å². The molecule has 0 heterocycles. The third kappa shape index (κ3) is 4.26. The summed E-state index contributed by atoms with van der Waals surface area (Å²) in [7, 11) is 0. The highest BCUT2D eigenvalue weighted by Gasteiger charge is 2.15. The van der Waals surface area contributed by atoms with Crippen LogP contribution in [0, 0.1) is 11.6 Å². The van der Waals surface area contributed by atoms with Crippen LogP contribution in [0.5, 0.6) is 0 Å². The molecule has 0 radical (unpaired) electrons. The number of nitrogens with one attached hydrogen (secondary N) is 1. The molecule has 0 aromatic heterocycles. The standard InChI is InChI=1S/C17H18ClF2N/c1-2-10-21-16(12-6-8-14(19)9-7-12)11-13-4-3-5-15(20)17(13)18/h3-9,16,21H,2,10-11H2,1H3. The molecule has 0 spiro atoms. The van der Waals surface area contributed by atoms with E-state index in [1.54, 1.807) is 18.2 Å². The maximum absolute atomic E-state index is 13.5. The lowest BCUT2D eigenvalue weighted by molar-refractivity contribution is 0.525. The second kappa shape index (κ2) is 7.53. The van der Waals surface area contributed by atoms with Gasteiger partial charge in [-0.2, -0.15) is 0 Å². The van der Waals surface area contributed by atoms with Crippen LogP contribution in [0.25, 0.3) is 0 Å². The van der Waals surface area contributed by atoms with E-state index in [1.165, 1.54) is 18.2 Å². The van der Waals surface area contributed by atoms with Gasteiger partial charge < -0.3 is 5.32 Å². The minimum atomic E-state index is -0.414. The third-order valence-corrected chi connectivity index (χ3v) is 3.79. The molecule has 1 N–H and O–H groups in total. The van der Waals surface area contributed by atoms with Crippen molar-refractivity contribution in [3.8, 4) is 0 Å². The minimum absolute atomic E-state index is 0.0233. The maximum atomic E-state index is 13.5. The number of hydrogen-bond acceptors (Lipinski definition) is 1. The summed E-state index contributed by atoms with van der Waals surface area (Å²) in [6.45, 7) is 2.90. The van der Waals surface area contributed by atoms with Crippen molar-refractivity contribution in [1.82, 2.24) is 5.32 Å². The molecule has 0 saturated carbocycles. The molecular weight excluding hydrogens is 292 g/mol. The van der Waals surface area contributed by atoms with E-state index in [0.717, 1.165) is 24.1 Å². The average molecular weight is 310 g/mol. The number of halogens is 3. The van der Waals surface area contributed by atoms with Gasteiger partial charge in [0.15, 0.2) is 0 Å². The summed E-state index contributed by atoms with van der Waals surface area (Å²) >= 11 is 6.02. The van der Waals surface area contributed by atoms with Crippen LogP contribution < -0.4 is 5.32 Å². The Labute approximate surface area is 128 Å². The van der Waals surface area contributed by atoms with Gasteiger partial charge in [-0.1, -0.05) is 42.8 Å². The van der Waals surface area contributed by atoms with Crippen molar-refractivity contribution in [2.75, 3.05) is 6.54 Å². The highest BCUT2D eigenvalue weighted by molar-refractivity contribution is 6.31. The number of benzene rings is 2. The molecule has 0 fully saturated rings. The number of rotatable bonds is 6. The van der Waals surface area contributed by atoms with Gasteiger partial charge in [-0.05, 0) is 48.7 Å². The van der Waals surface area contributed by atoms with Crippen LogP contribution >= 0.6 is 11.6 Å². The quantitative estimate of drug-likeness (QED) is 0.800. The predicted octanol–water partition coefficient (Wildman–Crippen LogP) is 4.90. The first-order chi connectivity index (χ1) is 10.1. The van der Waals surface area contributed by atoms with Crippen molar-refractivity contribution in [2.24, 2.45) is 0 Å². The molecule has 2 rings (SSSR count). The fourth-order valence-electron chi connectivity index (χ4n) is 2.25. The highest BCUT2D eigenvalue weighted by atomic mass is 35.5. The van der Waals surface area contributed by atoms with Gasteiger partial charge in [0.2, 0.25) is 0 Å². The van der Waals surface area contributed by atoms with Gasteiger partial charge in [-0.15, -0.1) is 0 Å². The lowest BCUT2D eigenvalue weighted by Gasteiger charge is -2.20. The van der Waals surface area contributed by atoms with Crippen molar-refractivity contribution in [3.05, 3.63) is 70.2 Å². The van der Waals surface area contributed by atoms with E-state index in [0.29, 0.717) is 6.42 Å². The van der Waals surface area contributed by atoms with Crippen molar-refractivity contribution < 1.29 is 8.78 Å². The summed E-state index contributed by atoms with van der Waals surface area (Å²) in [5, 5.41) is 3.55. The monoisotopic (exact) mass is 309 g/mol. The van der Waals surface area contributed by atoms with E-state index in [9.17, 15) is 8.78 Å². The van der Waals surface area contributed by atoms with Gasteiger partial charge in [0, 0.05) is 6.04 Å². The molecule has 2 aromatic carbocycles. The Morgan fingerprint density at radius 1 is 1.10 bits per heavy atom. The lowest BCUT2D eigenvalue weighted by atomic mass is 9.98. The van der Waals surface area contributed by atoms with Gasteiger partial charge >= 0.3 is 0 Å². The zero-order valence-electron chi connectivity index (χ0n) is 11.9. The second-order valence-electron chi connectivity index (χ2n) is 4.98. The fraction of sp³-hybridized carbons (Fsp3) is 0.294. The first-order valence-electron chi connectivity index (χ1n) is 7.03. The second-order valence-corrected chi connectivity index (χ2v) is 5.35. The largest absolute Gasteiger partial charge is 0.310 e. The summed E-state index contributed by atoms with van der Waals surface area (Å²) < 4.78 is 26.6. The Balaban J connectivity index is 2.23. The molecule has 1 unspecified atom stereocenters. The maximum Gasteiger partial charge on any atom is 0.142 e. The third-order valence-electron chi connectivity index (χ3n) is 3.37. The predicted molar refractivity (Wildman–Crippen MR) is 82.5 cm³/mol. The summed E-state index contributed by atoms with van der Waals surface area (Å²) in [5.41, 5.74) is 1.71. The fourth-order valence-corrected chi connectivity index (χ4v) is 2.45. The van der Waals surface area contributed by atoms with Crippen LogP contribution in [-0.2, 0) is 6.42 Å². The molecule has 0 aliphatic heterocycles. The zero-order valence-corrected chi connectivity index (χ0v) is 12.6. The first-order valence-corrected chi connectivity index (χ1v) is 7.41. The minimum Gasteiger partial charge on any atom is -0.310 e. The van der Waals surface area contributed by atoms with Gasteiger partial charge in [0.25, 0.3) is 0 Å². The van der Waals surface area contributed by atoms with E-state index < -0.39 is 5.82 Å². The molecule has 1 atom stereocenters. The van der Waals surface area contributed by atoms with E-state index >= 15 is 0 Å². The van der Waals surface area contributed by atoms with E-state index in [-0.39, 0.29) is 16.9 Å². The van der Waals surface area contributed by atoms with Crippen LogP contribution in [0.1, 0.15) is 30.5 Å². The Kier molecular flexibility index (Phi) is 5.71. The molecule has 0 amide bonds. The van der Waals surface area contributed by atoms with E-state index in [4.69, 9.17) is 11.6 Å². The summed E-state index contributed by atoms with van der Waals surface area (Å²) in [4.78, 5) is 0. The Bertz CT molecular complexity index is 584. The smallest absolute Gasteiger partial charge is 0.142 e. The molecule has 0 saturated heterocycles. The number of hydrogen-bond donors (Lipinski definition) is 1. The van der Waals surface area contributed by atoms with Gasteiger partial charge in [-0.25, -0.2) is 8.78 Å². The topological polar surface area (TPSA) is 12.0 Å². The van der Waals surface area contributed by atoms with Crippen LogP contribution in [0.4, 0.5) is 8.78 Å². The van der Waals surface area contributed by atoms with Crippen LogP contribution in [-0.4, -0.2) is 6.54 Å². The molecule has 1 nitrogen and oxygen atoms in total. The molecule has 112 valence electrons. The van der Waals surface area contributed by atoms with E-state index in [1.807, 2.05) is 6.07 Å². The van der Waals surface area contributed by atoms with Gasteiger partial charge in [0.05, 0.1) is 5.02 Å². The molecule has 0 aliphatic carbocycles. The van der Waals surface area contributed by atoms with E-state index in [2.05, 4.69) is 12.2 Å². The normalized spacial score (nSPS) is 12.4. The van der Waals surface area contributed by atoms with Gasteiger partial charge in [0.1, 0.15) is 11.6 Å². The first kappa shape index (κ1) is 15.9. The summed E-state index contributed by atoms with van der Waals surface area (Å²) in [5.74, 6) is -0.681. The lowest BCUT2D eigenvalue weighted by Crippen LogP contribution is -2.24. The molecule has 4 heteroatoms. The molecular formula is C17H18ClF2N. The average Bonchev–Trinajstić information content (AvgIpc) is 2.49. The molecule has 21 heavy (non-hydrogen) atoms. The summed E-state index contributed by atoms with van der Waals surface area (Å²) in [6.07, 6.45) is 1.54.